The second-order valence-corrected chi connectivity index (χ2v) is 5.02. The molecule has 0 radical (unpaired) electrons. The zero-order valence-corrected chi connectivity index (χ0v) is 11.5. The maximum absolute atomic E-state index is 12.1. The summed E-state index contributed by atoms with van der Waals surface area (Å²) in [4.78, 5) is 12.1. The molecule has 0 aliphatic heterocycles. The fourth-order valence-corrected chi connectivity index (χ4v) is 2.38. The second kappa shape index (κ2) is 6.36. The minimum atomic E-state index is -0.219. The predicted octanol–water partition coefficient (Wildman–Crippen LogP) is 2.99. The second-order valence-electron chi connectivity index (χ2n) is 5.02. The van der Waals surface area contributed by atoms with Crippen molar-refractivity contribution in [3.05, 3.63) is 29.8 Å². The molecule has 1 amide bonds. The van der Waals surface area contributed by atoms with Crippen LogP contribution in [0.3, 0.4) is 0 Å². The summed E-state index contributed by atoms with van der Waals surface area (Å²) in [6, 6.07) is 7.15. The van der Waals surface area contributed by atoms with Crippen LogP contribution in [0.2, 0.25) is 0 Å². The number of para-hydroxylation sites is 1. The smallest absolute Gasteiger partial charge is 0.275 e. The van der Waals surface area contributed by atoms with Crippen molar-refractivity contribution in [2.45, 2.75) is 32.6 Å². The van der Waals surface area contributed by atoms with Gasteiger partial charge in [0.2, 0.25) is 0 Å². The topological polar surface area (TPSA) is 50.7 Å². The van der Waals surface area contributed by atoms with E-state index in [4.69, 9.17) is 4.74 Å². The Morgan fingerprint density at radius 1 is 1.42 bits per heavy atom. The van der Waals surface area contributed by atoms with Gasteiger partial charge in [-0.2, -0.15) is 5.10 Å². The average molecular weight is 260 g/mol. The van der Waals surface area contributed by atoms with Gasteiger partial charge in [-0.25, -0.2) is 5.43 Å². The number of hydrogen-bond acceptors (Lipinski definition) is 3. The lowest BCUT2D eigenvalue weighted by Gasteiger charge is -2.19. The molecule has 1 aliphatic rings. The molecule has 0 aromatic heterocycles. The van der Waals surface area contributed by atoms with Crippen molar-refractivity contribution < 1.29 is 9.53 Å². The van der Waals surface area contributed by atoms with E-state index in [-0.39, 0.29) is 5.91 Å². The van der Waals surface area contributed by atoms with Gasteiger partial charge in [0.15, 0.2) is 0 Å². The Balaban J connectivity index is 2.03. The monoisotopic (exact) mass is 260 g/mol. The number of rotatable bonds is 3. The predicted molar refractivity (Wildman–Crippen MR) is 75.5 cm³/mol. The van der Waals surface area contributed by atoms with Crippen LogP contribution in [0.5, 0.6) is 5.75 Å². The Labute approximate surface area is 113 Å². The molecule has 4 nitrogen and oxygen atoms in total. The van der Waals surface area contributed by atoms with E-state index in [1.165, 1.54) is 6.42 Å². The molecule has 1 aromatic rings. The van der Waals surface area contributed by atoms with Crippen LogP contribution in [-0.4, -0.2) is 18.7 Å². The van der Waals surface area contributed by atoms with E-state index in [0.717, 1.165) is 25.0 Å². The molecule has 0 bridgehead atoms. The Hall–Kier alpha value is -1.84. The molecule has 0 spiro atoms. The van der Waals surface area contributed by atoms with E-state index < -0.39 is 0 Å². The molecule has 0 heterocycles. The van der Waals surface area contributed by atoms with E-state index in [1.54, 1.807) is 19.2 Å². The van der Waals surface area contributed by atoms with Crippen LogP contribution in [0.25, 0.3) is 0 Å². The number of nitrogens with one attached hydrogen (secondary N) is 1. The lowest BCUT2D eigenvalue weighted by atomic mass is 9.89. The van der Waals surface area contributed by atoms with Gasteiger partial charge in [0, 0.05) is 5.71 Å². The average Bonchev–Trinajstić information content (AvgIpc) is 2.45. The number of ether oxygens (including phenoxy) is 1. The number of hydrazone groups is 1. The minimum absolute atomic E-state index is 0.219. The molecule has 2 rings (SSSR count). The highest BCUT2D eigenvalue weighted by molar-refractivity contribution is 5.97. The highest BCUT2D eigenvalue weighted by Crippen LogP contribution is 2.21. The summed E-state index contributed by atoms with van der Waals surface area (Å²) in [5.74, 6) is 1.01. The largest absolute Gasteiger partial charge is 0.496 e. The Morgan fingerprint density at radius 3 is 2.95 bits per heavy atom. The molecule has 1 saturated carbocycles. The molecule has 4 heteroatoms. The van der Waals surface area contributed by atoms with Crippen LogP contribution in [0.1, 0.15) is 43.0 Å². The molecular formula is C15H20N2O2. The summed E-state index contributed by atoms with van der Waals surface area (Å²) in [6.45, 7) is 2.22. The number of hydrogen-bond donors (Lipinski definition) is 1. The summed E-state index contributed by atoms with van der Waals surface area (Å²) >= 11 is 0. The van der Waals surface area contributed by atoms with Crippen molar-refractivity contribution in [3.8, 4) is 5.75 Å². The summed E-state index contributed by atoms with van der Waals surface area (Å²) < 4.78 is 5.17. The highest BCUT2D eigenvalue weighted by atomic mass is 16.5. The number of nitrogens with zero attached hydrogens (tertiary/aromatic N) is 1. The van der Waals surface area contributed by atoms with Gasteiger partial charge in [-0.15, -0.1) is 0 Å². The van der Waals surface area contributed by atoms with Gasteiger partial charge in [-0.3, -0.25) is 4.79 Å². The number of amides is 1. The van der Waals surface area contributed by atoms with Gasteiger partial charge in [-0.1, -0.05) is 19.1 Å². The first-order valence-electron chi connectivity index (χ1n) is 6.69. The van der Waals surface area contributed by atoms with Crippen LogP contribution in [0, 0.1) is 5.92 Å². The van der Waals surface area contributed by atoms with Gasteiger partial charge in [-0.05, 0) is 43.7 Å². The SMILES string of the molecule is COc1ccccc1C(=O)N/N=C1\CCCC(C)C1. The van der Waals surface area contributed by atoms with Crippen molar-refractivity contribution in [1.82, 2.24) is 5.43 Å². The van der Waals surface area contributed by atoms with Crippen LogP contribution < -0.4 is 10.2 Å². The Morgan fingerprint density at radius 2 is 2.21 bits per heavy atom. The van der Waals surface area contributed by atoms with Gasteiger partial charge in [0.05, 0.1) is 12.7 Å². The molecule has 19 heavy (non-hydrogen) atoms. The van der Waals surface area contributed by atoms with Crippen molar-refractivity contribution in [3.63, 3.8) is 0 Å². The normalized spacial score (nSPS) is 21.2. The zero-order chi connectivity index (χ0) is 13.7. The van der Waals surface area contributed by atoms with Crippen LogP contribution >= 0.6 is 0 Å². The van der Waals surface area contributed by atoms with Crippen molar-refractivity contribution in [2.75, 3.05) is 7.11 Å². The van der Waals surface area contributed by atoms with E-state index in [9.17, 15) is 4.79 Å². The maximum atomic E-state index is 12.1. The molecule has 1 unspecified atom stereocenters. The van der Waals surface area contributed by atoms with Gasteiger partial charge < -0.3 is 4.74 Å². The lowest BCUT2D eigenvalue weighted by molar-refractivity contribution is 0.0951. The molecule has 1 fully saturated rings. The summed E-state index contributed by atoms with van der Waals surface area (Å²) in [5.41, 5.74) is 4.23. The first-order chi connectivity index (χ1) is 9.20. The fraction of sp³-hybridized carbons (Fsp3) is 0.467. The Bertz CT molecular complexity index is 483. The molecule has 1 aliphatic carbocycles. The molecule has 1 atom stereocenters. The third-order valence-electron chi connectivity index (χ3n) is 3.41. The molecular weight excluding hydrogens is 240 g/mol. The quantitative estimate of drug-likeness (QED) is 0.849. The third-order valence-corrected chi connectivity index (χ3v) is 3.41. The van der Waals surface area contributed by atoms with E-state index >= 15 is 0 Å². The molecule has 1 N–H and O–H groups in total. The van der Waals surface area contributed by atoms with Gasteiger partial charge in [0.25, 0.3) is 5.91 Å². The molecule has 102 valence electrons. The summed E-state index contributed by atoms with van der Waals surface area (Å²) in [6.07, 6.45) is 4.37. The highest BCUT2D eigenvalue weighted by Gasteiger charge is 2.15. The van der Waals surface area contributed by atoms with Gasteiger partial charge >= 0.3 is 0 Å². The van der Waals surface area contributed by atoms with E-state index in [0.29, 0.717) is 17.2 Å². The van der Waals surface area contributed by atoms with E-state index in [2.05, 4.69) is 17.5 Å². The van der Waals surface area contributed by atoms with Crippen molar-refractivity contribution >= 4 is 11.6 Å². The maximum Gasteiger partial charge on any atom is 0.275 e. The summed E-state index contributed by atoms with van der Waals surface area (Å²) in [5, 5.41) is 4.25. The standard InChI is InChI=1S/C15H20N2O2/c1-11-6-5-7-12(10-11)16-17-15(18)13-8-3-4-9-14(13)19-2/h3-4,8-9,11H,5-7,10H2,1-2H3,(H,17,18)/b16-12+. The number of carbonyl (C=O) groups excluding carboxylic acids is 1. The Kier molecular flexibility index (Phi) is 4.55. The van der Waals surface area contributed by atoms with Crippen molar-refractivity contribution in [1.29, 1.82) is 0 Å². The lowest BCUT2D eigenvalue weighted by Crippen LogP contribution is -2.22. The summed E-state index contributed by atoms with van der Waals surface area (Å²) in [7, 11) is 1.56. The fourth-order valence-electron chi connectivity index (χ4n) is 2.38. The zero-order valence-electron chi connectivity index (χ0n) is 11.5. The van der Waals surface area contributed by atoms with Gasteiger partial charge in [0.1, 0.15) is 5.75 Å². The first-order valence-corrected chi connectivity index (χ1v) is 6.69. The molecule has 1 aromatic carbocycles. The number of carbonyl (C=O) groups is 1. The minimum Gasteiger partial charge on any atom is -0.496 e. The number of benzene rings is 1. The molecule has 0 saturated heterocycles. The van der Waals surface area contributed by atoms with Crippen LogP contribution in [0.4, 0.5) is 0 Å². The van der Waals surface area contributed by atoms with E-state index in [1.807, 2.05) is 12.1 Å². The third kappa shape index (κ3) is 3.56. The van der Waals surface area contributed by atoms with Crippen LogP contribution in [0.15, 0.2) is 29.4 Å². The van der Waals surface area contributed by atoms with Crippen molar-refractivity contribution in [2.24, 2.45) is 11.0 Å². The van der Waals surface area contributed by atoms with Crippen LogP contribution in [-0.2, 0) is 0 Å². The number of methoxy groups -OCH3 is 1. The first kappa shape index (κ1) is 13.6.